The molecule has 9 heteroatoms. The molecule has 40 heavy (non-hydrogen) atoms. The fourth-order valence-corrected chi connectivity index (χ4v) is 6.11. The summed E-state index contributed by atoms with van der Waals surface area (Å²) in [6.07, 6.45) is 7.61. The molecule has 9 nitrogen and oxygen atoms in total. The molecule has 6 atom stereocenters. The third-order valence-electron chi connectivity index (χ3n) is 8.59. The number of allylic oxidation sites excluding steroid dienone is 1. The summed E-state index contributed by atoms with van der Waals surface area (Å²) in [5.74, 6) is -0.198. The molecule has 0 radical (unpaired) electrons. The molecular formula is C31H40N4O5. The van der Waals surface area contributed by atoms with Crippen LogP contribution in [0.2, 0.25) is 0 Å². The normalized spacial score (nSPS) is 31.8. The van der Waals surface area contributed by atoms with Crippen LogP contribution in [0.1, 0.15) is 56.7 Å². The van der Waals surface area contributed by atoms with E-state index in [9.17, 15) is 14.4 Å². The van der Waals surface area contributed by atoms with Gasteiger partial charge in [0.2, 0.25) is 11.8 Å². The maximum atomic E-state index is 13.8. The van der Waals surface area contributed by atoms with Gasteiger partial charge in [0, 0.05) is 29.5 Å². The first-order chi connectivity index (χ1) is 19.1. The van der Waals surface area contributed by atoms with Gasteiger partial charge in [0.25, 0.3) is 0 Å². The molecule has 1 aromatic carbocycles. The van der Waals surface area contributed by atoms with Gasteiger partial charge < -0.3 is 25.4 Å². The number of aromatic nitrogens is 1. The summed E-state index contributed by atoms with van der Waals surface area (Å²) in [6, 6.07) is 6.36. The zero-order valence-electron chi connectivity index (χ0n) is 23.8. The number of hydrogen-bond donors (Lipinski definition) is 2. The molecule has 2 fully saturated rings. The van der Waals surface area contributed by atoms with Crippen LogP contribution in [0.25, 0.3) is 10.9 Å². The number of nitrogens with two attached hydrogens (primary N) is 1. The van der Waals surface area contributed by atoms with Crippen molar-refractivity contribution in [2.75, 3.05) is 13.7 Å². The smallest absolute Gasteiger partial charge is 0.332 e. The van der Waals surface area contributed by atoms with E-state index in [4.69, 9.17) is 15.2 Å². The largest absolute Gasteiger partial charge is 0.488 e. The highest BCUT2D eigenvalue weighted by Crippen LogP contribution is 2.46. The van der Waals surface area contributed by atoms with Crippen molar-refractivity contribution in [2.45, 2.75) is 83.0 Å². The summed E-state index contributed by atoms with van der Waals surface area (Å²) in [7, 11) is 1.33. The van der Waals surface area contributed by atoms with Gasteiger partial charge in [0.15, 0.2) is 0 Å². The van der Waals surface area contributed by atoms with Gasteiger partial charge in [-0.3, -0.25) is 14.6 Å². The van der Waals surface area contributed by atoms with Gasteiger partial charge in [-0.1, -0.05) is 25.1 Å². The number of aryl methyl sites for hydroxylation is 2. The highest BCUT2D eigenvalue weighted by Gasteiger charge is 2.62. The SMILES string of the molecule is COC(=O)[C@@]12CC1/C=C\CC[C@H](C)CC[C@H](N)C(=O)N1C[C@H](Oc3cc(C)nc4cc(C)ccc34)C[C@H]1C(=O)N2. The summed E-state index contributed by atoms with van der Waals surface area (Å²) >= 11 is 0. The molecule has 2 amide bonds. The summed E-state index contributed by atoms with van der Waals surface area (Å²) < 4.78 is 11.6. The van der Waals surface area contributed by atoms with E-state index < -0.39 is 29.7 Å². The van der Waals surface area contributed by atoms with Crippen LogP contribution in [-0.2, 0) is 19.1 Å². The molecule has 2 aromatic rings. The fourth-order valence-electron chi connectivity index (χ4n) is 6.11. The molecule has 1 aliphatic carbocycles. The molecule has 1 saturated carbocycles. The van der Waals surface area contributed by atoms with Crippen LogP contribution in [0.15, 0.2) is 36.4 Å². The Balaban J connectivity index is 1.44. The number of benzene rings is 1. The first-order valence-electron chi connectivity index (χ1n) is 14.3. The number of nitrogens with one attached hydrogen (secondary N) is 1. The first kappa shape index (κ1) is 28.1. The minimum atomic E-state index is -1.11. The van der Waals surface area contributed by atoms with E-state index in [1.54, 1.807) is 4.90 Å². The highest BCUT2D eigenvalue weighted by atomic mass is 16.5. The van der Waals surface area contributed by atoms with Gasteiger partial charge in [-0.2, -0.15) is 0 Å². The number of hydrogen-bond acceptors (Lipinski definition) is 7. The van der Waals surface area contributed by atoms with Gasteiger partial charge >= 0.3 is 5.97 Å². The van der Waals surface area contributed by atoms with Crippen LogP contribution in [0.5, 0.6) is 5.75 Å². The summed E-state index contributed by atoms with van der Waals surface area (Å²) in [5.41, 5.74) is 8.04. The summed E-state index contributed by atoms with van der Waals surface area (Å²) in [4.78, 5) is 46.4. The topological polar surface area (TPSA) is 124 Å². The molecule has 5 rings (SSSR count). The molecule has 1 aromatic heterocycles. The van der Waals surface area contributed by atoms with E-state index >= 15 is 0 Å². The van der Waals surface area contributed by atoms with Gasteiger partial charge in [-0.25, -0.2) is 4.79 Å². The zero-order valence-corrected chi connectivity index (χ0v) is 23.8. The van der Waals surface area contributed by atoms with Crippen molar-refractivity contribution >= 4 is 28.7 Å². The van der Waals surface area contributed by atoms with Crippen molar-refractivity contribution < 1.29 is 23.9 Å². The third kappa shape index (κ3) is 5.57. The van der Waals surface area contributed by atoms with Crippen molar-refractivity contribution in [1.82, 2.24) is 15.2 Å². The average Bonchev–Trinajstić information content (AvgIpc) is 3.45. The lowest BCUT2D eigenvalue weighted by atomic mass is 9.96. The zero-order chi connectivity index (χ0) is 28.6. The van der Waals surface area contributed by atoms with Crippen LogP contribution in [-0.4, -0.2) is 65.0 Å². The van der Waals surface area contributed by atoms with Gasteiger partial charge in [-0.15, -0.1) is 0 Å². The lowest BCUT2D eigenvalue weighted by Crippen LogP contribution is -2.55. The van der Waals surface area contributed by atoms with E-state index in [0.29, 0.717) is 24.5 Å². The van der Waals surface area contributed by atoms with Crippen LogP contribution in [0, 0.1) is 25.7 Å². The van der Waals surface area contributed by atoms with Crippen LogP contribution >= 0.6 is 0 Å². The van der Waals surface area contributed by atoms with Crippen molar-refractivity contribution in [2.24, 2.45) is 17.6 Å². The predicted molar refractivity (Wildman–Crippen MR) is 151 cm³/mol. The summed E-state index contributed by atoms with van der Waals surface area (Å²) in [5, 5.41) is 3.84. The fraction of sp³-hybridized carbons (Fsp3) is 0.548. The van der Waals surface area contributed by atoms with Gasteiger partial charge in [0.05, 0.1) is 25.2 Å². The average molecular weight is 549 g/mol. The Morgan fingerprint density at radius 1 is 1.18 bits per heavy atom. The summed E-state index contributed by atoms with van der Waals surface area (Å²) in [6.45, 7) is 6.32. The molecule has 3 N–H and O–H groups in total. The maximum absolute atomic E-state index is 13.8. The van der Waals surface area contributed by atoms with Crippen molar-refractivity contribution in [3.63, 3.8) is 0 Å². The minimum Gasteiger partial charge on any atom is -0.488 e. The van der Waals surface area contributed by atoms with Gasteiger partial charge in [-0.05, 0) is 69.6 Å². The third-order valence-corrected chi connectivity index (χ3v) is 8.59. The van der Waals surface area contributed by atoms with E-state index in [1.165, 1.54) is 7.11 Å². The minimum absolute atomic E-state index is 0.140. The van der Waals surface area contributed by atoms with E-state index in [1.807, 2.05) is 44.2 Å². The molecule has 1 saturated heterocycles. The number of ether oxygens (including phenoxy) is 2. The monoisotopic (exact) mass is 548 g/mol. The van der Waals surface area contributed by atoms with E-state index in [-0.39, 0.29) is 30.7 Å². The Hall–Kier alpha value is -3.46. The first-order valence-corrected chi connectivity index (χ1v) is 14.3. The second-order valence-corrected chi connectivity index (χ2v) is 11.8. The lowest BCUT2D eigenvalue weighted by molar-refractivity contribution is -0.148. The molecule has 1 unspecified atom stereocenters. The molecular weight excluding hydrogens is 508 g/mol. The molecule has 3 aliphatic rings. The lowest BCUT2D eigenvalue weighted by Gasteiger charge is -2.28. The van der Waals surface area contributed by atoms with E-state index in [2.05, 4.69) is 23.3 Å². The molecule has 0 bridgehead atoms. The number of rotatable bonds is 3. The number of fused-ring (bicyclic) bond motifs is 3. The van der Waals surface area contributed by atoms with Crippen molar-refractivity contribution in [3.05, 3.63) is 47.7 Å². The van der Waals surface area contributed by atoms with Crippen molar-refractivity contribution in [1.29, 1.82) is 0 Å². The molecule has 2 aliphatic heterocycles. The Morgan fingerprint density at radius 3 is 2.75 bits per heavy atom. The quantitative estimate of drug-likeness (QED) is 0.445. The second-order valence-electron chi connectivity index (χ2n) is 11.8. The van der Waals surface area contributed by atoms with Crippen LogP contribution < -0.4 is 15.8 Å². The number of methoxy groups -OCH3 is 1. The second kappa shape index (κ2) is 11.2. The maximum Gasteiger partial charge on any atom is 0.332 e. The van der Waals surface area contributed by atoms with Gasteiger partial charge in [0.1, 0.15) is 23.4 Å². The number of pyridine rings is 1. The Morgan fingerprint density at radius 2 is 1.98 bits per heavy atom. The standard InChI is InChI=1S/C31H40N4O5/c1-18-7-5-6-8-21-16-31(21,30(38)39-4)34-28(36)26-15-22(17-35(26)29(37)24(32)12-10-18)40-27-14-20(3)33-25-13-19(2)9-11-23(25)27/h6,8-9,11,13-14,18,21-22,24,26H,5,7,10,12,15-17,32H2,1-4H3,(H,34,36)/b8-6-/t18-,21?,22+,24-,26-,31+/m0/s1. The van der Waals surface area contributed by atoms with Crippen LogP contribution in [0.3, 0.4) is 0 Å². The van der Waals surface area contributed by atoms with E-state index in [0.717, 1.165) is 41.4 Å². The Kier molecular flexibility index (Phi) is 7.86. The van der Waals surface area contributed by atoms with Crippen LogP contribution in [0.4, 0.5) is 0 Å². The van der Waals surface area contributed by atoms with Crippen molar-refractivity contribution in [3.8, 4) is 5.75 Å². The number of carbonyl (C=O) groups is 3. The predicted octanol–water partition coefficient (Wildman–Crippen LogP) is 3.34. The molecule has 214 valence electrons. The molecule has 0 spiro atoms. The molecule has 3 heterocycles. The highest BCUT2D eigenvalue weighted by molar-refractivity contribution is 5.96. The number of amides is 2. The number of nitrogens with zero attached hydrogens (tertiary/aromatic N) is 2. The number of esters is 1. The Labute approximate surface area is 235 Å². The number of carbonyl (C=O) groups excluding carboxylic acids is 3. The Bertz CT molecular complexity index is 1340.